The summed E-state index contributed by atoms with van der Waals surface area (Å²) in [6, 6.07) is 0. The second kappa shape index (κ2) is 8.10. The Hall–Kier alpha value is -1.28. The van der Waals surface area contributed by atoms with Gasteiger partial charge >= 0.3 is 23.6 Å². The molecule has 16 nitrogen and oxygen atoms in total. The predicted octanol–water partition coefficient (Wildman–Crippen LogP) is -0.572. The van der Waals surface area contributed by atoms with Crippen LogP contribution in [0.15, 0.2) is 11.1 Å². The number of anilines is 1. The quantitative estimate of drug-likeness (QED) is 0.223. The average molecular weight is 478 g/mol. The number of ether oxygens (including phenoxy) is 1. The second-order valence-corrected chi connectivity index (χ2v) is 11.1. The first kappa shape index (κ1) is 24.0. The van der Waals surface area contributed by atoms with E-state index in [9.17, 15) is 28.6 Å². The Bertz CT molecular complexity index is 1040. The van der Waals surface area contributed by atoms with Crippen molar-refractivity contribution in [2.24, 2.45) is 0 Å². The number of imidazole rings is 1. The van der Waals surface area contributed by atoms with Crippen molar-refractivity contribution in [2.75, 3.05) is 12.1 Å². The molecule has 2 aromatic rings. The van der Waals surface area contributed by atoms with Crippen molar-refractivity contribution in [1.29, 1.82) is 0 Å². The first-order valence-corrected chi connectivity index (χ1v) is 12.3. The fourth-order valence-corrected chi connectivity index (χ4v) is 5.63. The minimum atomic E-state index is -5.49. The third-order valence-electron chi connectivity index (χ3n) is 3.11. The Morgan fingerprint density at radius 2 is 1.93 bits per heavy atom. The second-order valence-electron chi connectivity index (χ2n) is 6.32. The third kappa shape index (κ3) is 7.17. The van der Waals surface area contributed by atoms with E-state index in [0.717, 1.165) is 0 Å². The van der Waals surface area contributed by atoms with E-state index in [0.29, 0.717) is 0 Å². The van der Waals surface area contributed by atoms with Gasteiger partial charge in [0.25, 0.3) is 5.56 Å². The summed E-state index contributed by atoms with van der Waals surface area (Å²) in [4.78, 5) is 67.7. The van der Waals surface area contributed by atoms with Crippen molar-refractivity contribution in [3.8, 4) is 0 Å². The van der Waals surface area contributed by atoms with Gasteiger partial charge in [0.05, 0.1) is 18.5 Å². The van der Waals surface area contributed by atoms with Gasteiger partial charge in [-0.1, -0.05) is 4.31 Å². The van der Waals surface area contributed by atoms with Crippen molar-refractivity contribution in [3.05, 3.63) is 16.7 Å². The fourth-order valence-electron chi connectivity index (χ4n) is 2.14. The van der Waals surface area contributed by atoms with E-state index in [2.05, 4.69) is 23.6 Å². The highest BCUT2D eigenvalue weighted by molar-refractivity contribution is 7.70. The lowest BCUT2D eigenvalue weighted by molar-refractivity contribution is -0.0135. The number of hydrogen-bond donors (Lipinski definition) is 7. The largest absolute Gasteiger partial charge is 0.520 e. The molecule has 0 aromatic carbocycles. The van der Waals surface area contributed by atoms with Gasteiger partial charge < -0.3 is 24.8 Å². The van der Waals surface area contributed by atoms with Crippen LogP contribution in [0.2, 0.25) is 0 Å². The highest BCUT2D eigenvalue weighted by Gasteiger charge is 2.50. The van der Waals surface area contributed by atoms with E-state index in [1.165, 1.54) is 24.7 Å². The maximum Gasteiger partial charge on any atom is 0.520 e. The summed E-state index contributed by atoms with van der Waals surface area (Å²) in [5, 5.41) is 0. The molecule has 0 aliphatic rings. The molecule has 0 aliphatic heterocycles. The van der Waals surface area contributed by atoms with Crippen LogP contribution < -0.4 is 11.3 Å². The van der Waals surface area contributed by atoms with Crippen LogP contribution in [0.4, 0.5) is 5.95 Å². The molecule has 0 fully saturated rings. The molecule has 2 heterocycles. The van der Waals surface area contributed by atoms with E-state index in [-0.39, 0.29) is 23.7 Å². The van der Waals surface area contributed by atoms with Crippen LogP contribution >= 0.6 is 23.6 Å². The molecule has 0 spiro atoms. The van der Waals surface area contributed by atoms with Crippen LogP contribution in [0.3, 0.4) is 0 Å². The van der Waals surface area contributed by atoms with E-state index >= 15 is 0 Å². The van der Waals surface area contributed by atoms with Crippen LogP contribution in [0.5, 0.6) is 0 Å². The normalized spacial score (nSPS) is 15.6. The Morgan fingerprint density at radius 1 is 1.31 bits per heavy atom. The predicted molar refractivity (Wildman–Crippen MR) is 98.0 cm³/mol. The molecule has 0 saturated heterocycles. The molecule has 2 rings (SSSR count). The number of fused-ring (bicyclic) bond motifs is 1. The lowest BCUT2D eigenvalue weighted by Crippen LogP contribution is -2.31. The molecule has 0 radical (unpaired) electrons. The number of phosphoric acid groups is 2. The number of H-pyrrole nitrogens is 1. The number of nitrogens with zero attached hydrogens (tertiary/aromatic N) is 3. The van der Waals surface area contributed by atoms with Crippen LogP contribution in [0.1, 0.15) is 13.8 Å². The van der Waals surface area contributed by atoms with Gasteiger partial charge in [0.15, 0.2) is 11.2 Å². The molecule has 19 heteroatoms. The molecule has 1 atom stereocenters. The maximum absolute atomic E-state index is 11.8. The summed E-state index contributed by atoms with van der Waals surface area (Å²) in [7, 11) is -15.6. The van der Waals surface area contributed by atoms with Crippen molar-refractivity contribution in [2.45, 2.75) is 26.0 Å². The Kier molecular flexibility index (Phi) is 6.70. The minimum absolute atomic E-state index is 0.0142. The first-order valence-electron chi connectivity index (χ1n) is 7.48. The summed E-state index contributed by atoms with van der Waals surface area (Å²) in [5.41, 5.74) is 3.91. The number of nitrogens with one attached hydrogen (secondary N) is 1. The van der Waals surface area contributed by atoms with Gasteiger partial charge in [-0.3, -0.25) is 14.7 Å². The summed E-state index contributed by atoms with van der Waals surface area (Å²) >= 11 is 0. The van der Waals surface area contributed by atoms with E-state index < -0.39 is 41.1 Å². The highest BCUT2D eigenvalue weighted by Crippen LogP contribution is 2.69. The smallest absolute Gasteiger partial charge is 0.369 e. The summed E-state index contributed by atoms with van der Waals surface area (Å²) in [6.07, 6.45) is 0.266. The van der Waals surface area contributed by atoms with Gasteiger partial charge in [-0.25, -0.2) is 14.1 Å². The minimum Gasteiger partial charge on any atom is -0.369 e. The molecule has 0 amide bonds. The SMILES string of the molecule is CC(C)(Cn1cnc2c(=O)[nH]c(N)nc21)OC[P+](O)(O)OP(=O)(O)OP(=O)(O)O. The van der Waals surface area contributed by atoms with Crippen molar-refractivity contribution >= 4 is 40.7 Å². The summed E-state index contributed by atoms with van der Waals surface area (Å²) < 4.78 is 36.3. The first-order chi connectivity index (χ1) is 13.0. The lowest BCUT2D eigenvalue weighted by Gasteiger charge is -2.26. The molecule has 164 valence electrons. The zero-order chi connectivity index (χ0) is 22.3. The van der Waals surface area contributed by atoms with E-state index in [1.807, 2.05) is 0 Å². The Labute approximate surface area is 162 Å². The molecular weight excluding hydrogens is 459 g/mol. The number of rotatable bonds is 9. The van der Waals surface area contributed by atoms with Gasteiger partial charge in [-0.2, -0.15) is 19.1 Å². The molecule has 0 bridgehead atoms. The molecule has 2 aromatic heterocycles. The van der Waals surface area contributed by atoms with Gasteiger partial charge in [0, 0.05) is 0 Å². The third-order valence-corrected chi connectivity index (χ3v) is 7.12. The monoisotopic (exact) mass is 478 g/mol. The molecule has 8 N–H and O–H groups in total. The van der Waals surface area contributed by atoms with Crippen LogP contribution in [-0.4, -0.2) is 55.9 Å². The number of aromatic nitrogens is 4. The number of hydrogen-bond acceptors (Lipinski definition) is 11. The highest BCUT2D eigenvalue weighted by atomic mass is 31.3. The number of nitrogen functional groups attached to an aromatic ring is 1. The number of aromatic amines is 1. The zero-order valence-electron chi connectivity index (χ0n) is 14.9. The molecule has 0 aliphatic carbocycles. The van der Waals surface area contributed by atoms with Crippen LogP contribution in [-0.2, 0) is 29.0 Å². The Morgan fingerprint density at radius 3 is 2.52 bits per heavy atom. The Balaban J connectivity index is 2.09. The summed E-state index contributed by atoms with van der Waals surface area (Å²) in [5.74, 6) is -0.143. The van der Waals surface area contributed by atoms with Gasteiger partial charge in [0.1, 0.15) is 0 Å². The van der Waals surface area contributed by atoms with Gasteiger partial charge in [-0.15, -0.1) is 0 Å². The number of nitrogens with two attached hydrogens (primary N) is 1. The maximum atomic E-state index is 11.8. The van der Waals surface area contributed by atoms with Gasteiger partial charge in [-0.05, 0) is 13.8 Å². The summed E-state index contributed by atoms with van der Waals surface area (Å²) in [6.45, 7) is 2.98. The van der Waals surface area contributed by atoms with E-state index in [1.54, 1.807) is 0 Å². The zero-order valence-corrected chi connectivity index (χ0v) is 17.6. The average Bonchev–Trinajstić information content (AvgIpc) is 2.84. The van der Waals surface area contributed by atoms with Crippen molar-refractivity contribution in [3.63, 3.8) is 0 Å². The topological polar surface area (TPSA) is 253 Å². The molecule has 1 unspecified atom stereocenters. The van der Waals surface area contributed by atoms with Crippen molar-refractivity contribution in [1.82, 2.24) is 19.5 Å². The standard InChI is InChI=1S/C10H18N5O11P3/c1-10(2,3-15-4-12-6-7(15)13-9(11)14-8(6)16)24-5-27(17,18)25-29(22,23)26-28(19,20)21/h4,17-18H,3,5H2,1-2H3,(H5-,11,13,14,16,19,20,21,22,23)/p+1. The van der Waals surface area contributed by atoms with Crippen LogP contribution in [0, 0.1) is 0 Å². The van der Waals surface area contributed by atoms with E-state index in [4.69, 9.17) is 20.3 Å². The van der Waals surface area contributed by atoms with Crippen molar-refractivity contribution < 1.29 is 47.0 Å². The molecule has 0 saturated carbocycles. The van der Waals surface area contributed by atoms with Crippen LogP contribution in [0.25, 0.3) is 11.2 Å². The molecule has 29 heavy (non-hydrogen) atoms. The van der Waals surface area contributed by atoms with Gasteiger partial charge in [0.2, 0.25) is 12.3 Å². The fraction of sp³-hybridized carbons (Fsp3) is 0.500. The molecular formula is C10H19N5O11P3+. The lowest BCUT2D eigenvalue weighted by atomic mass is 10.1.